The summed E-state index contributed by atoms with van der Waals surface area (Å²) in [5, 5.41) is 23.0. The van der Waals surface area contributed by atoms with Crippen LogP contribution in [0.4, 0.5) is 0 Å². The molecule has 3 heterocycles. The molecule has 2 aromatic heterocycles. The van der Waals surface area contributed by atoms with Crippen LogP contribution < -0.4 is 10.2 Å². The molecule has 0 saturated carbocycles. The fourth-order valence-corrected chi connectivity index (χ4v) is 6.45. The number of piperidine rings is 1. The number of hydrogen-bond acceptors (Lipinski definition) is 9. The van der Waals surface area contributed by atoms with Crippen LogP contribution in [0, 0.1) is 11.8 Å². The maximum atomic E-state index is 10.1. The summed E-state index contributed by atoms with van der Waals surface area (Å²) in [6, 6.07) is 7.57. The van der Waals surface area contributed by atoms with E-state index in [1.165, 1.54) is 0 Å². The molecule has 0 spiro atoms. The predicted molar refractivity (Wildman–Crippen MR) is 133 cm³/mol. The molecule has 0 aliphatic carbocycles. The van der Waals surface area contributed by atoms with Crippen molar-refractivity contribution in [3.05, 3.63) is 47.6 Å². The van der Waals surface area contributed by atoms with Crippen LogP contribution in [0.5, 0.6) is 5.75 Å². The molecule has 0 radical (unpaired) electrons. The van der Waals surface area contributed by atoms with Crippen LogP contribution in [0.25, 0.3) is 10.9 Å². The van der Waals surface area contributed by atoms with E-state index in [9.17, 15) is 10.3 Å². The van der Waals surface area contributed by atoms with E-state index in [2.05, 4.69) is 20.3 Å². The van der Waals surface area contributed by atoms with E-state index in [0.717, 1.165) is 71.2 Å². The summed E-state index contributed by atoms with van der Waals surface area (Å²) in [5.74, 6) is 2.49. The Labute approximate surface area is 203 Å². The number of benzene rings is 1. The van der Waals surface area contributed by atoms with Gasteiger partial charge in [-0.25, -0.2) is 4.98 Å². The number of pyridine rings is 1. The minimum atomic E-state index is -0.199. The third kappa shape index (κ3) is 6.23. The first-order chi connectivity index (χ1) is 16.2. The molecule has 1 aliphatic heterocycles. The number of aliphatic hydroxyl groups is 1. The zero-order valence-electron chi connectivity index (χ0n) is 18.9. The van der Waals surface area contributed by atoms with E-state index in [0.29, 0.717) is 5.92 Å². The van der Waals surface area contributed by atoms with Gasteiger partial charge in [0.25, 0.3) is 0 Å². The Morgan fingerprint density at radius 1 is 1.27 bits per heavy atom. The number of rotatable bonds is 11. The predicted octanol–water partition coefficient (Wildman–Crippen LogP) is 4.22. The molecule has 3 atom stereocenters. The van der Waals surface area contributed by atoms with E-state index in [4.69, 9.17) is 4.74 Å². The number of aromatic nitrogens is 2. The molecule has 1 aliphatic rings. The Kier molecular flexibility index (Phi) is 8.94. The first-order valence-corrected chi connectivity index (χ1v) is 13.3. The smallest absolute Gasteiger partial charge is 0.149 e. The largest absolute Gasteiger partial charge is 0.497 e. The normalized spacial score (nSPS) is 20.2. The standard InChI is InChI=1S/C24H32N4O3S2/c1-31-19-3-5-22-21(14-19)20(6-8-25-22)23(27-30)4-2-17-7-10-28(15-18(17)16-29)11-13-33-24-26-9-12-32-24/h3,5-6,8-9,12,14,17-18,23,27,29-30H,2,4,7,10-11,13,15-16H2,1H3/t17-,18-,23?/m1/s1. The molecule has 1 saturated heterocycles. The number of thiazole rings is 1. The number of aliphatic hydroxyl groups excluding tert-OH is 1. The molecule has 1 aromatic carbocycles. The number of fused-ring (bicyclic) bond motifs is 1. The van der Waals surface area contributed by atoms with E-state index in [1.54, 1.807) is 36.4 Å². The highest BCUT2D eigenvalue weighted by molar-refractivity contribution is 8.01. The Morgan fingerprint density at radius 3 is 2.94 bits per heavy atom. The summed E-state index contributed by atoms with van der Waals surface area (Å²) < 4.78 is 6.50. The number of hydroxylamine groups is 1. The van der Waals surface area contributed by atoms with Gasteiger partial charge in [0.1, 0.15) is 10.1 Å². The molecule has 33 heavy (non-hydrogen) atoms. The van der Waals surface area contributed by atoms with E-state index in [-0.39, 0.29) is 18.6 Å². The molecule has 178 valence electrons. The van der Waals surface area contributed by atoms with Crippen LogP contribution >= 0.6 is 23.1 Å². The zero-order valence-corrected chi connectivity index (χ0v) is 20.5. The topological polar surface area (TPSA) is 90.7 Å². The number of nitrogens with one attached hydrogen (secondary N) is 1. The van der Waals surface area contributed by atoms with Crippen LogP contribution in [-0.4, -0.2) is 64.3 Å². The molecular formula is C24H32N4O3S2. The maximum absolute atomic E-state index is 10.1. The minimum Gasteiger partial charge on any atom is -0.497 e. The lowest BCUT2D eigenvalue weighted by atomic mass is 9.81. The fraction of sp³-hybridized carbons (Fsp3) is 0.500. The number of hydrogen-bond donors (Lipinski definition) is 3. The Balaban J connectivity index is 1.34. The lowest BCUT2D eigenvalue weighted by Gasteiger charge is -2.38. The van der Waals surface area contributed by atoms with Gasteiger partial charge in [0.05, 0.1) is 18.7 Å². The molecule has 3 aromatic rings. The molecule has 1 unspecified atom stereocenters. The van der Waals surface area contributed by atoms with Crippen molar-refractivity contribution in [1.29, 1.82) is 0 Å². The van der Waals surface area contributed by atoms with Crippen molar-refractivity contribution in [2.75, 3.05) is 39.1 Å². The van der Waals surface area contributed by atoms with Gasteiger partial charge in [0.2, 0.25) is 0 Å². The second-order valence-electron chi connectivity index (χ2n) is 8.48. The third-order valence-electron chi connectivity index (χ3n) is 6.59. The first-order valence-electron chi connectivity index (χ1n) is 11.4. The summed E-state index contributed by atoms with van der Waals surface area (Å²) in [6.07, 6.45) is 6.43. The van der Waals surface area contributed by atoms with E-state index in [1.807, 2.05) is 35.8 Å². The SMILES string of the molecule is COc1ccc2nccc(C(CC[C@@H]3CCN(CCSc4nccs4)C[C@@H]3CO)NO)c2c1. The number of ether oxygens (including phenoxy) is 1. The van der Waals surface area contributed by atoms with Crippen molar-refractivity contribution in [2.24, 2.45) is 11.8 Å². The van der Waals surface area contributed by atoms with Crippen molar-refractivity contribution < 1.29 is 15.1 Å². The van der Waals surface area contributed by atoms with Gasteiger partial charge >= 0.3 is 0 Å². The average molecular weight is 489 g/mol. The van der Waals surface area contributed by atoms with E-state index < -0.39 is 0 Å². The van der Waals surface area contributed by atoms with Crippen LogP contribution in [-0.2, 0) is 0 Å². The van der Waals surface area contributed by atoms with Gasteiger partial charge < -0.3 is 20.0 Å². The number of methoxy groups -OCH3 is 1. The Bertz CT molecular complexity index is 1000. The summed E-state index contributed by atoms with van der Waals surface area (Å²) in [7, 11) is 1.65. The molecule has 7 nitrogen and oxygen atoms in total. The van der Waals surface area contributed by atoms with Crippen molar-refractivity contribution in [3.63, 3.8) is 0 Å². The van der Waals surface area contributed by atoms with Crippen molar-refractivity contribution >= 4 is 34.0 Å². The van der Waals surface area contributed by atoms with E-state index >= 15 is 0 Å². The minimum absolute atomic E-state index is 0.199. The number of thioether (sulfide) groups is 1. The summed E-state index contributed by atoms with van der Waals surface area (Å²) >= 11 is 3.48. The second-order valence-corrected chi connectivity index (χ2v) is 10.7. The Morgan fingerprint density at radius 2 is 2.18 bits per heavy atom. The molecule has 4 rings (SSSR count). The highest BCUT2D eigenvalue weighted by atomic mass is 32.2. The van der Waals surface area contributed by atoms with Crippen LogP contribution in [0.15, 0.2) is 46.4 Å². The molecule has 0 bridgehead atoms. The lowest BCUT2D eigenvalue weighted by molar-refractivity contribution is 0.0626. The Hall–Kier alpha value is -1.75. The highest BCUT2D eigenvalue weighted by Gasteiger charge is 2.29. The van der Waals surface area contributed by atoms with Crippen LogP contribution in [0.1, 0.15) is 30.9 Å². The zero-order chi connectivity index (χ0) is 23.0. The fourth-order valence-electron chi connectivity index (χ4n) is 4.74. The number of likely N-dealkylation sites (tertiary alicyclic amines) is 1. The average Bonchev–Trinajstić information content (AvgIpc) is 3.38. The van der Waals surface area contributed by atoms with Gasteiger partial charge in [-0.3, -0.25) is 4.98 Å². The van der Waals surface area contributed by atoms with Gasteiger partial charge in [-0.15, -0.1) is 11.3 Å². The second kappa shape index (κ2) is 12.1. The first kappa shape index (κ1) is 24.4. The highest BCUT2D eigenvalue weighted by Crippen LogP contribution is 2.33. The summed E-state index contributed by atoms with van der Waals surface area (Å²) in [6.45, 7) is 3.19. The molecule has 0 amide bonds. The van der Waals surface area contributed by atoms with Gasteiger partial charge in [0.15, 0.2) is 0 Å². The van der Waals surface area contributed by atoms with Crippen LogP contribution in [0.2, 0.25) is 0 Å². The van der Waals surface area contributed by atoms with Crippen LogP contribution in [0.3, 0.4) is 0 Å². The molecule has 3 N–H and O–H groups in total. The maximum Gasteiger partial charge on any atom is 0.149 e. The monoisotopic (exact) mass is 488 g/mol. The van der Waals surface area contributed by atoms with Gasteiger partial charge in [0, 0.05) is 48.6 Å². The van der Waals surface area contributed by atoms with Gasteiger partial charge in [-0.05, 0) is 67.5 Å². The molecule has 1 fully saturated rings. The molecule has 9 heteroatoms. The molecular weight excluding hydrogens is 456 g/mol. The van der Waals surface area contributed by atoms with Crippen molar-refractivity contribution in [1.82, 2.24) is 20.3 Å². The quantitative estimate of drug-likeness (QED) is 0.273. The lowest BCUT2D eigenvalue weighted by Crippen LogP contribution is -2.43. The summed E-state index contributed by atoms with van der Waals surface area (Å²) in [5.41, 5.74) is 4.41. The van der Waals surface area contributed by atoms with Gasteiger partial charge in [-0.2, -0.15) is 5.48 Å². The van der Waals surface area contributed by atoms with Gasteiger partial charge in [-0.1, -0.05) is 11.8 Å². The third-order valence-corrected chi connectivity index (χ3v) is 8.54. The van der Waals surface area contributed by atoms with Crippen molar-refractivity contribution in [3.8, 4) is 5.75 Å². The number of nitrogens with zero attached hydrogens (tertiary/aromatic N) is 3. The summed E-state index contributed by atoms with van der Waals surface area (Å²) in [4.78, 5) is 11.2. The van der Waals surface area contributed by atoms with Crippen molar-refractivity contribution in [2.45, 2.75) is 29.6 Å².